The van der Waals surface area contributed by atoms with E-state index in [-0.39, 0.29) is 0 Å². The largest absolute Gasteiger partial charge is 0.380 e. The Balaban J connectivity index is 2.06. The summed E-state index contributed by atoms with van der Waals surface area (Å²) in [6.45, 7) is 4.07. The first-order chi connectivity index (χ1) is 8.12. The minimum Gasteiger partial charge on any atom is -0.380 e. The fraction of sp³-hybridized carbons (Fsp3) is 0.455. The summed E-state index contributed by atoms with van der Waals surface area (Å²) < 4.78 is 25.8. The Labute approximate surface area is 102 Å². The zero-order chi connectivity index (χ0) is 12.3. The van der Waals surface area contributed by atoms with Gasteiger partial charge < -0.3 is 10.6 Å². The predicted octanol–water partition coefficient (Wildman–Crippen LogP) is 0.368. The summed E-state index contributed by atoms with van der Waals surface area (Å²) in [6.07, 6.45) is 0. The third-order valence-corrected chi connectivity index (χ3v) is 4.21. The molecule has 0 spiro atoms. The molecular weight excluding hydrogens is 238 g/mol. The van der Waals surface area contributed by atoms with Crippen LogP contribution in [-0.4, -0.2) is 34.1 Å². The summed E-state index contributed by atoms with van der Waals surface area (Å²) >= 11 is 0. The monoisotopic (exact) mass is 255 g/mol. The highest BCUT2D eigenvalue weighted by Gasteiger charge is 2.16. The number of anilines is 1. The fourth-order valence-corrected chi connectivity index (χ4v) is 2.67. The van der Waals surface area contributed by atoms with Gasteiger partial charge in [-0.05, 0) is 24.3 Å². The van der Waals surface area contributed by atoms with Crippen LogP contribution >= 0.6 is 0 Å². The quantitative estimate of drug-likeness (QED) is 0.711. The molecule has 0 aromatic heterocycles. The van der Waals surface area contributed by atoms with Gasteiger partial charge >= 0.3 is 0 Å². The van der Waals surface area contributed by atoms with Gasteiger partial charge in [0.25, 0.3) is 0 Å². The number of nitrogens with one attached hydrogen (secondary N) is 3. The molecule has 5 nitrogen and oxygen atoms in total. The Morgan fingerprint density at radius 1 is 1.29 bits per heavy atom. The van der Waals surface area contributed by atoms with Crippen molar-refractivity contribution in [2.24, 2.45) is 0 Å². The zero-order valence-electron chi connectivity index (χ0n) is 9.73. The average molecular weight is 255 g/mol. The van der Waals surface area contributed by atoms with Crippen molar-refractivity contribution >= 4 is 15.7 Å². The SMILES string of the molecule is CCNS(=O)(=O)c1ccc(NC2CNC2)cc1. The van der Waals surface area contributed by atoms with Crippen molar-refractivity contribution < 1.29 is 8.42 Å². The van der Waals surface area contributed by atoms with Crippen LogP contribution < -0.4 is 15.4 Å². The first kappa shape index (κ1) is 12.3. The van der Waals surface area contributed by atoms with Gasteiger partial charge in [0.2, 0.25) is 10.0 Å². The van der Waals surface area contributed by atoms with Crippen LogP contribution in [-0.2, 0) is 10.0 Å². The minimum absolute atomic E-state index is 0.302. The lowest BCUT2D eigenvalue weighted by atomic mass is 10.1. The molecule has 94 valence electrons. The lowest BCUT2D eigenvalue weighted by molar-refractivity contribution is 0.472. The van der Waals surface area contributed by atoms with Crippen molar-refractivity contribution in [2.75, 3.05) is 25.0 Å². The highest BCUT2D eigenvalue weighted by Crippen LogP contribution is 2.15. The molecule has 0 aliphatic carbocycles. The first-order valence-electron chi connectivity index (χ1n) is 5.69. The maximum Gasteiger partial charge on any atom is 0.240 e. The molecule has 0 atom stereocenters. The van der Waals surface area contributed by atoms with E-state index in [1.807, 2.05) is 0 Å². The summed E-state index contributed by atoms with van der Waals surface area (Å²) in [5.41, 5.74) is 0.951. The van der Waals surface area contributed by atoms with Gasteiger partial charge in [-0.2, -0.15) is 0 Å². The van der Waals surface area contributed by atoms with Gasteiger partial charge in [-0.3, -0.25) is 0 Å². The summed E-state index contributed by atoms with van der Waals surface area (Å²) in [7, 11) is -3.34. The zero-order valence-corrected chi connectivity index (χ0v) is 10.5. The van der Waals surface area contributed by atoms with Crippen molar-refractivity contribution in [2.45, 2.75) is 17.9 Å². The molecule has 6 heteroatoms. The van der Waals surface area contributed by atoms with Crippen molar-refractivity contribution in [1.29, 1.82) is 0 Å². The van der Waals surface area contributed by atoms with Crippen LogP contribution in [0.25, 0.3) is 0 Å². The van der Waals surface area contributed by atoms with Crippen molar-refractivity contribution in [3.63, 3.8) is 0 Å². The molecule has 17 heavy (non-hydrogen) atoms. The lowest BCUT2D eigenvalue weighted by Gasteiger charge is -2.29. The maximum atomic E-state index is 11.7. The number of hydrogen-bond donors (Lipinski definition) is 3. The standard InChI is InChI=1S/C11H17N3O2S/c1-2-13-17(15,16)11-5-3-9(4-6-11)14-10-7-12-8-10/h3-6,10,12-14H,2,7-8H2,1H3. The molecule has 1 aromatic carbocycles. The van der Waals surface area contributed by atoms with E-state index >= 15 is 0 Å². The number of hydrogen-bond acceptors (Lipinski definition) is 4. The third-order valence-electron chi connectivity index (χ3n) is 2.65. The second-order valence-electron chi connectivity index (χ2n) is 4.03. The molecule has 0 saturated carbocycles. The van der Waals surface area contributed by atoms with Gasteiger partial charge in [0.1, 0.15) is 0 Å². The van der Waals surface area contributed by atoms with Gasteiger partial charge in [0, 0.05) is 25.3 Å². The molecular formula is C11H17N3O2S. The second-order valence-corrected chi connectivity index (χ2v) is 5.79. The van der Waals surface area contributed by atoms with E-state index < -0.39 is 10.0 Å². The van der Waals surface area contributed by atoms with Gasteiger partial charge in [-0.1, -0.05) is 6.92 Å². The van der Waals surface area contributed by atoms with Gasteiger partial charge in [0.15, 0.2) is 0 Å². The molecule has 1 aromatic rings. The van der Waals surface area contributed by atoms with Gasteiger partial charge in [0.05, 0.1) is 10.9 Å². The number of benzene rings is 1. The minimum atomic E-state index is -3.34. The van der Waals surface area contributed by atoms with Crippen LogP contribution in [0.3, 0.4) is 0 Å². The second kappa shape index (κ2) is 5.03. The van der Waals surface area contributed by atoms with Crippen molar-refractivity contribution in [3.8, 4) is 0 Å². The summed E-state index contributed by atoms with van der Waals surface area (Å²) in [6, 6.07) is 7.27. The Morgan fingerprint density at radius 2 is 1.94 bits per heavy atom. The lowest BCUT2D eigenvalue weighted by Crippen LogP contribution is -2.51. The van der Waals surface area contributed by atoms with E-state index in [1.165, 1.54) is 0 Å². The Hall–Kier alpha value is -1.11. The van der Waals surface area contributed by atoms with E-state index in [0.29, 0.717) is 17.5 Å². The molecule has 2 rings (SSSR count). The van der Waals surface area contributed by atoms with Crippen LogP contribution in [0.4, 0.5) is 5.69 Å². The normalized spacial score (nSPS) is 16.5. The molecule has 1 heterocycles. The van der Waals surface area contributed by atoms with Crippen LogP contribution in [0, 0.1) is 0 Å². The summed E-state index contributed by atoms with van der Waals surface area (Å²) in [5.74, 6) is 0. The van der Waals surface area contributed by atoms with E-state index in [9.17, 15) is 8.42 Å². The highest BCUT2D eigenvalue weighted by atomic mass is 32.2. The third kappa shape index (κ3) is 2.96. The summed E-state index contributed by atoms with van der Waals surface area (Å²) in [4.78, 5) is 0.302. The van der Waals surface area contributed by atoms with E-state index in [1.54, 1.807) is 31.2 Å². The van der Waals surface area contributed by atoms with Gasteiger partial charge in [-0.15, -0.1) is 0 Å². The molecule has 0 radical (unpaired) electrons. The van der Waals surface area contributed by atoms with E-state index in [2.05, 4.69) is 15.4 Å². The molecule has 0 amide bonds. The molecule has 0 unspecified atom stereocenters. The van der Waals surface area contributed by atoms with Crippen molar-refractivity contribution in [3.05, 3.63) is 24.3 Å². The molecule has 1 fully saturated rings. The van der Waals surface area contributed by atoms with Crippen molar-refractivity contribution in [1.82, 2.24) is 10.0 Å². The molecule has 1 aliphatic heterocycles. The fourth-order valence-electron chi connectivity index (χ4n) is 1.63. The number of rotatable bonds is 5. The first-order valence-corrected chi connectivity index (χ1v) is 7.17. The Morgan fingerprint density at radius 3 is 2.41 bits per heavy atom. The topological polar surface area (TPSA) is 70.2 Å². The van der Waals surface area contributed by atoms with Crippen LogP contribution in [0.2, 0.25) is 0 Å². The van der Waals surface area contributed by atoms with Gasteiger partial charge in [-0.25, -0.2) is 13.1 Å². The highest BCUT2D eigenvalue weighted by molar-refractivity contribution is 7.89. The van der Waals surface area contributed by atoms with Crippen LogP contribution in [0.1, 0.15) is 6.92 Å². The van der Waals surface area contributed by atoms with Crippen LogP contribution in [0.15, 0.2) is 29.2 Å². The summed E-state index contributed by atoms with van der Waals surface area (Å²) in [5, 5.41) is 6.48. The number of sulfonamides is 1. The molecule has 0 bridgehead atoms. The molecule has 1 aliphatic rings. The average Bonchev–Trinajstić information content (AvgIpc) is 2.24. The van der Waals surface area contributed by atoms with E-state index in [0.717, 1.165) is 18.8 Å². The van der Waals surface area contributed by atoms with Crippen LogP contribution in [0.5, 0.6) is 0 Å². The predicted molar refractivity (Wildman–Crippen MR) is 67.6 cm³/mol. The smallest absolute Gasteiger partial charge is 0.240 e. The molecule has 3 N–H and O–H groups in total. The Kier molecular flexibility index (Phi) is 3.66. The van der Waals surface area contributed by atoms with E-state index in [4.69, 9.17) is 0 Å². The molecule has 1 saturated heterocycles. The maximum absolute atomic E-state index is 11.7. The Bertz CT molecular complexity index is 466.